The van der Waals surface area contributed by atoms with Crippen LogP contribution in [-0.4, -0.2) is 71.6 Å². The van der Waals surface area contributed by atoms with E-state index in [4.69, 9.17) is 4.74 Å². The minimum absolute atomic E-state index is 0.00897. The van der Waals surface area contributed by atoms with Crippen molar-refractivity contribution in [3.63, 3.8) is 0 Å². The Hall–Kier alpha value is -3.42. The van der Waals surface area contributed by atoms with Gasteiger partial charge in [0.1, 0.15) is 12.3 Å². The maximum Gasteiger partial charge on any atom is 0.410 e. The predicted octanol–water partition coefficient (Wildman–Crippen LogP) is 2.54. The quantitative estimate of drug-likeness (QED) is 0.687. The van der Waals surface area contributed by atoms with Crippen LogP contribution in [0, 0.1) is 0 Å². The number of benzene rings is 1. The van der Waals surface area contributed by atoms with Gasteiger partial charge < -0.3 is 14.4 Å². The third kappa shape index (κ3) is 4.52. The first kappa shape index (κ1) is 20.8. The van der Waals surface area contributed by atoms with Gasteiger partial charge in [-0.15, -0.1) is 0 Å². The normalized spacial score (nSPS) is 19.3. The Kier molecular flexibility index (Phi) is 6.16. The summed E-state index contributed by atoms with van der Waals surface area (Å²) >= 11 is 0. The summed E-state index contributed by atoms with van der Waals surface area (Å²) < 4.78 is 10.00. The number of hydrogen-bond acceptors (Lipinski definition) is 6. The first-order valence-corrected chi connectivity index (χ1v) is 10.4. The molecule has 162 valence electrons. The van der Waals surface area contributed by atoms with Crippen LogP contribution in [0.5, 0.6) is 0 Å². The van der Waals surface area contributed by atoms with E-state index in [0.717, 1.165) is 6.42 Å². The van der Waals surface area contributed by atoms with Crippen molar-refractivity contribution in [1.29, 1.82) is 0 Å². The fraction of sp³-hybridized carbons (Fsp3) is 0.391. The molecule has 1 aromatic carbocycles. The number of aromatic nitrogens is 1. The summed E-state index contributed by atoms with van der Waals surface area (Å²) in [4.78, 5) is 44.4. The number of esters is 1. The molecule has 1 atom stereocenters. The summed E-state index contributed by atoms with van der Waals surface area (Å²) in [5.41, 5.74) is 1.76. The second-order valence-corrected chi connectivity index (χ2v) is 7.77. The highest BCUT2D eigenvalue weighted by Gasteiger charge is 2.40. The number of ether oxygens (including phenoxy) is 2. The molecule has 8 nitrogen and oxygen atoms in total. The second kappa shape index (κ2) is 9.16. The highest BCUT2D eigenvalue weighted by atomic mass is 16.6. The zero-order valence-corrected chi connectivity index (χ0v) is 17.4. The van der Waals surface area contributed by atoms with Gasteiger partial charge in [0, 0.05) is 25.3 Å². The van der Waals surface area contributed by atoms with Crippen LogP contribution in [0.1, 0.15) is 39.3 Å². The van der Waals surface area contributed by atoms with E-state index in [9.17, 15) is 14.4 Å². The number of methoxy groups -OCH3 is 1. The lowest BCUT2D eigenvalue weighted by Crippen LogP contribution is -2.50. The molecule has 2 amide bonds. The molecule has 2 fully saturated rings. The first-order valence-electron chi connectivity index (χ1n) is 10.4. The molecule has 0 radical (unpaired) electrons. The zero-order valence-electron chi connectivity index (χ0n) is 17.4. The minimum Gasteiger partial charge on any atom is -0.465 e. The molecule has 0 bridgehead atoms. The van der Waals surface area contributed by atoms with Crippen molar-refractivity contribution < 1.29 is 23.9 Å². The van der Waals surface area contributed by atoms with Crippen molar-refractivity contribution in [3.8, 4) is 0 Å². The van der Waals surface area contributed by atoms with E-state index in [0.29, 0.717) is 38.1 Å². The summed E-state index contributed by atoms with van der Waals surface area (Å²) in [5, 5.41) is 0. The van der Waals surface area contributed by atoms with Gasteiger partial charge in [0.25, 0.3) is 5.91 Å². The Labute approximate surface area is 180 Å². The monoisotopic (exact) mass is 423 g/mol. The van der Waals surface area contributed by atoms with Gasteiger partial charge in [0.15, 0.2) is 0 Å². The number of pyridine rings is 1. The molecular formula is C23H25N3O5. The first-order chi connectivity index (χ1) is 15.1. The molecule has 1 unspecified atom stereocenters. The van der Waals surface area contributed by atoms with Crippen molar-refractivity contribution in [2.24, 2.45) is 0 Å². The Morgan fingerprint density at radius 2 is 1.87 bits per heavy atom. The largest absolute Gasteiger partial charge is 0.465 e. The van der Waals surface area contributed by atoms with Crippen LogP contribution < -0.4 is 0 Å². The van der Waals surface area contributed by atoms with Gasteiger partial charge in [0.05, 0.1) is 18.7 Å². The van der Waals surface area contributed by atoms with Gasteiger partial charge in [-0.3, -0.25) is 14.7 Å². The lowest BCUT2D eigenvalue weighted by atomic mass is 9.99. The molecule has 2 aliphatic heterocycles. The van der Waals surface area contributed by atoms with Crippen molar-refractivity contribution in [2.45, 2.75) is 31.3 Å². The number of cyclic esters (lactones) is 1. The SMILES string of the molecule is COC(=O)c1ccc(C(=O)N2CCC(N3C(=O)OCC3Cc3ccccc3)CC2)nc1. The third-order valence-corrected chi connectivity index (χ3v) is 5.87. The molecule has 1 aromatic heterocycles. The van der Waals surface area contributed by atoms with Crippen LogP contribution in [0.3, 0.4) is 0 Å². The number of likely N-dealkylation sites (tertiary alicyclic amines) is 1. The highest BCUT2D eigenvalue weighted by molar-refractivity contribution is 5.94. The molecule has 0 saturated carbocycles. The van der Waals surface area contributed by atoms with Crippen LogP contribution in [0.25, 0.3) is 0 Å². The lowest BCUT2D eigenvalue weighted by Gasteiger charge is -2.37. The van der Waals surface area contributed by atoms with Gasteiger partial charge in [-0.25, -0.2) is 9.59 Å². The molecule has 2 aromatic rings. The van der Waals surface area contributed by atoms with E-state index in [-0.39, 0.29) is 29.8 Å². The molecule has 0 spiro atoms. The lowest BCUT2D eigenvalue weighted by molar-refractivity contribution is 0.0593. The van der Waals surface area contributed by atoms with Gasteiger partial charge in [0.2, 0.25) is 0 Å². The van der Waals surface area contributed by atoms with Crippen LogP contribution in [-0.2, 0) is 15.9 Å². The molecule has 0 N–H and O–H groups in total. The van der Waals surface area contributed by atoms with Gasteiger partial charge >= 0.3 is 12.1 Å². The Morgan fingerprint density at radius 1 is 1.13 bits per heavy atom. The summed E-state index contributed by atoms with van der Waals surface area (Å²) in [6, 6.07) is 13.2. The third-order valence-electron chi connectivity index (χ3n) is 5.87. The summed E-state index contributed by atoms with van der Waals surface area (Å²) in [7, 11) is 1.30. The highest BCUT2D eigenvalue weighted by Crippen LogP contribution is 2.26. The molecule has 3 heterocycles. The number of carbonyl (C=O) groups excluding carboxylic acids is 3. The standard InChI is InChI=1S/C23H25N3O5/c1-30-22(28)17-7-8-20(24-14-17)21(27)25-11-9-18(10-12-25)26-19(15-31-23(26)29)13-16-5-3-2-4-6-16/h2-8,14,18-19H,9-13,15H2,1H3. The van der Waals surface area contributed by atoms with Crippen LogP contribution in [0.2, 0.25) is 0 Å². The average molecular weight is 423 g/mol. The fourth-order valence-electron chi connectivity index (χ4n) is 4.23. The number of piperidine rings is 1. The Bertz CT molecular complexity index is 939. The number of amides is 2. The van der Waals surface area contributed by atoms with E-state index in [1.54, 1.807) is 4.90 Å². The summed E-state index contributed by atoms with van der Waals surface area (Å²) in [6.07, 6.45) is 3.20. The number of nitrogens with zero attached hydrogens (tertiary/aromatic N) is 3. The van der Waals surface area contributed by atoms with E-state index in [1.807, 2.05) is 23.1 Å². The maximum absolute atomic E-state index is 12.8. The molecule has 2 saturated heterocycles. The van der Waals surface area contributed by atoms with Crippen molar-refractivity contribution in [3.05, 3.63) is 65.5 Å². The second-order valence-electron chi connectivity index (χ2n) is 7.77. The molecule has 4 rings (SSSR count). The zero-order chi connectivity index (χ0) is 21.8. The fourth-order valence-corrected chi connectivity index (χ4v) is 4.23. The maximum atomic E-state index is 12.8. The van der Waals surface area contributed by atoms with E-state index < -0.39 is 5.97 Å². The number of hydrogen-bond donors (Lipinski definition) is 0. The van der Waals surface area contributed by atoms with Crippen molar-refractivity contribution in [2.75, 3.05) is 26.8 Å². The van der Waals surface area contributed by atoms with Crippen molar-refractivity contribution >= 4 is 18.0 Å². The average Bonchev–Trinajstić information content (AvgIpc) is 3.18. The van der Waals surface area contributed by atoms with Gasteiger partial charge in [-0.2, -0.15) is 0 Å². The smallest absolute Gasteiger partial charge is 0.410 e. The van der Waals surface area contributed by atoms with Crippen LogP contribution in [0.4, 0.5) is 4.79 Å². The molecule has 0 aliphatic carbocycles. The topological polar surface area (TPSA) is 89.0 Å². The van der Waals surface area contributed by atoms with E-state index in [2.05, 4.69) is 21.9 Å². The van der Waals surface area contributed by atoms with Crippen molar-refractivity contribution in [1.82, 2.24) is 14.8 Å². The minimum atomic E-state index is -0.491. The van der Waals surface area contributed by atoms with Gasteiger partial charge in [-0.1, -0.05) is 30.3 Å². The van der Waals surface area contributed by atoms with Crippen LogP contribution >= 0.6 is 0 Å². The summed E-state index contributed by atoms with van der Waals surface area (Å²) in [6.45, 7) is 1.46. The van der Waals surface area contributed by atoms with E-state index in [1.165, 1.54) is 31.0 Å². The summed E-state index contributed by atoms with van der Waals surface area (Å²) in [5.74, 6) is -0.672. The Balaban J connectivity index is 1.36. The number of rotatable bonds is 5. The van der Waals surface area contributed by atoms with Crippen LogP contribution in [0.15, 0.2) is 48.7 Å². The molecule has 2 aliphatic rings. The predicted molar refractivity (Wildman–Crippen MR) is 112 cm³/mol. The molecular weight excluding hydrogens is 398 g/mol. The molecule has 8 heteroatoms. The molecule has 31 heavy (non-hydrogen) atoms. The Morgan fingerprint density at radius 3 is 2.52 bits per heavy atom. The van der Waals surface area contributed by atoms with E-state index >= 15 is 0 Å². The number of carbonyl (C=O) groups is 3. The van der Waals surface area contributed by atoms with Gasteiger partial charge in [-0.05, 0) is 37.0 Å².